The van der Waals surface area contributed by atoms with Gasteiger partial charge < -0.3 is 5.32 Å². The molecule has 100 valence electrons. The molecule has 0 amide bonds. The van der Waals surface area contributed by atoms with Crippen LogP contribution >= 0.6 is 0 Å². The van der Waals surface area contributed by atoms with Crippen molar-refractivity contribution in [2.45, 2.75) is 39.2 Å². The van der Waals surface area contributed by atoms with Gasteiger partial charge in [0.1, 0.15) is 0 Å². The van der Waals surface area contributed by atoms with Gasteiger partial charge in [0.15, 0.2) is 0 Å². The zero-order valence-electron chi connectivity index (χ0n) is 12.2. The van der Waals surface area contributed by atoms with E-state index in [9.17, 15) is 0 Å². The summed E-state index contributed by atoms with van der Waals surface area (Å²) in [7, 11) is 0. The second kappa shape index (κ2) is 5.41. The second-order valence-corrected chi connectivity index (χ2v) is 6.33. The summed E-state index contributed by atoms with van der Waals surface area (Å²) in [5.41, 5.74) is 3.10. The van der Waals surface area contributed by atoms with Crippen LogP contribution < -0.4 is 5.32 Å². The van der Waals surface area contributed by atoms with Crippen molar-refractivity contribution in [3.63, 3.8) is 0 Å². The van der Waals surface area contributed by atoms with Crippen LogP contribution in [0.2, 0.25) is 0 Å². The predicted octanol–water partition coefficient (Wildman–Crippen LogP) is 2.95. The van der Waals surface area contributed by atoms with Crippen molar-refractivity contribution in [2.24, 2.45) is 0 Å². The number of nitrogens with zero attached hydrogens (tertiary/aromatic N) is 1. The lowest BCUT2D eigenvalue weighted by Crippen LogP contribution is -2.44. The van der Waals surface area contributed by atoms with Gasteiger partial charge in [-0.2, -0.15) is 0 Å². The van der Waals surface area contributed by atoms with Gasteiger partial charge in [-0.25, -0.2) is 0 Å². The van der Waals surface area contributed by atoms with Crippen LogP contribution in [0.1, 0.15) is 44.9 Å². The lowest BCUT2D eigenvalue weighted by Gasteiger charge is -2.33. The van der Waals surface area contributed by atoms with Crippen molar-refractivity contribution in [3.8, 4) is 0 Å². The number of benzene rings is 1. The van der Waals surface area contributed by atoms with Crippen LogP contribution in [0, 0.1) is 0 Å². The SMILES string of the molecule is CC(c1ccc(C(C)(C)C)cc1)N1CCNCC1. The molecule has 2 heteroatoms. The van der Waals surface area contributed by atoms with Crippen molar-refractivity contribution in [1.82, 2.24) is 10.2 Å². The lowest BCUT2D eigenvalue weighted by atomic mass is 9.86. The Bertz CT molecular complexity index is 369. The highest BCUT2D eigenvalue weighted by molar-refractivity contribution is 5.29. The van der Waals surface area contributed by atoms with Gasteiger partial charge in [0, 0.05) is 32.2 Å². The molecule has 1 N–H and O–H groups in total. The van der Waals surface area contributed by atoms with E-state index in [1.807, 2.05) is 0 Å². The maximum Gasteiger partial charge on any atom is 0.0320 e. The minimum absolute atomic E-state index is 0.247. The number of piperazine rings is 1. The Hall–Kier alpha value is -0.860. The molecule has 0 spiro atoms. The summed E-state index contributed by atoms with van der Waals surface area (Å²) in [4.78, 5) is 2.56. The Kier molecular flexibility index (Phi) is 4.08. The molecular weight excluding hydrogens is 220 g/mol. The molecule has 1 saturated heterocycles. The molecule has 0 saturated carbocycles. The third-order valence-corrected chi connectivity index (χ3v) is 3.96. The van der Waals surface area contributed by atoms with E-state index in [2.05, 4.69) is 62.2 Å². The molecule has 18 heavy (non-hydrogen) atoms. The molecule has 0 bridgehead atoms. The number of nitrogens with one attached hydrogen (secondary N) is 1. The summed E-state index contributed by atoms with van der Waals surface area (Å²) in [5, 5.41) is 3.41. The first-order valence-corrected chi connectivity index (χ1v) is 7.04. The first-order valence-electron chi connectivity index (χ1n) is 7.04. The van der Waals surface area contributed by atoms with E-state index in [1.54, 1.807) is 0 Å². The number of hydrogen-bond donors (Lipinski definition) is 1. The molecule has 0 aromatic heterocycles. The average Bonchev–Trinajstić information content (AvgIpc) is 2.38. The fourth-order valence-corrected chi connectivity index (χ4v) is 2.54. The van der Waals surface area contributed by atoms with E-state index < -0.39 is 0 Å². The smallest absolute Gasteiger partial charge is 0.0320 e. The molecule has 2 rings (SSSR count). The number of hydrogen-bond acceptors (Lipinski definition) is 2. The molecule has 1 aromatic rings. The maximum atomic E-state index is 3.41. The highest BCUT2D eigenvalue weighted by Crippen LogP contribution is 2.26. The van der Waals surface area contributed by atoms with Gasteiger partial charge in [-0.15, -0.1) is 0 Å². The van der Waals surface area contributed by atoms with Crippen molar-refractivity contribution < 1.29 is 0 Å². The summed E-state index contributed by atoms with van der Waals surface area (Å²) < 4.78 is 0. The topological polar surface area (TPSA) is 15.3 Å². The van der Waals surface area contributed by atoms with E-state index >= 15 is 0 Å². The van der Waals surface area contributed by atoms with Crippen molar-refractivity contribution in [2.75, 3.05) is 26.2 Å². The molecule has 1 aromatic carbocycles. The van der Waals surface area contributed by atoms with Gasteiger partial charge in [-0.1, -0.05) is 45.0 Å². The quantitative estimate of drug-likeness (QED) is 0.863. The monoisotopic (exact) mass is 246 g/mol. The first-order chi connectivity index (χ1) is 8.48. The van der Waals surface area contributed by atoms with Crippen molar-refractivity contribution in [1.29, 1.82) is 0 Å². The van der Waals surface area contributed by atoms with Crippen molar-refractivity contribution >= 4 is 0 Å². The van der Waals surface area contributed by atoms with Crippen LogP contribution in [0.25, 0.3) is 0 Å². The Morgan fingerprint density at radius 3 is 2.11 bits per heavy atom. The second-order valence-electron chi connectivity index (χ2n) is 6.33. The highest BCUT2D eigenvalue weighted by Gasteiger charge is 2.19. The molecule has 0 aliphatic carbocycles. The van der Waals surface area contributed by atoms with E-state index in [4.69, 9.17) is 0 Å². The van der Waals surface area contributed by atoms with E-state index in [0.717, 1.165) is 26.2 Å². The van der Waals surface area contributed by atoms with E-state index in [1.165, 1.54) is 11.1 Å². The van der Waals surface area contributed by atoms with Gasteiger partial charge in [0.2, 0.25) is 0 Å². The fourth-order valence-electron chi connectivity index (χ4n) is 2.54. The minimum Gasteiger partial charge on any atom is -0.314 e. The first kappa shape index (κ1) is 13.6. The third-order valence-electron chi connectivity index (χ3n) is 3.96. The van der Waals surface area contributed by atoms with E-state index in [0.29, 0.717) is 6.04 Å². The molecular formula is C16H26N2. The standard InChI is InChI=1S/C16H26N2/c1-13(18-11-9-17-10-12-18)14-5-7-15(8-6-14)16(2,3)4/h5-8,13,17H,9-12H2,1-4H3. The molecule has 1 aliphatic rings. The normalized spacial score (nSPS) is 19.8. The minimum atomic E-state index is 0.247. The summed E-state index contributed by atoms with van der Waals surface area (Å²) in [6.07, 6.45) is 0. The molecule has 1 atom stereocenters. The van der Waals surface area contributed by atoms with Crippen LogP contribution in [-0.4, -0.2) is 31.1 Å². The molecule has 1 heterocycles. The van der Waals surface area contributed by atoms with Crippen LogP contribution in [0.3, 0.4) is 0 Å². The zero-order valence-corrected chi connectivity index (χ0v) is 12.2. The van der Waals surface area contributed by atoms with Crippen LogP contribution in [0.5, 0.6) is 0 Å². The molecule has 1 aliphatic heterocycles. The van der Waals surface area contributed by atoms with Gasteiger partial charge in [0.25, 0.3) is 0 Å². The molecule has 1 unspecified atom stereocenters. The zero-order chi connectivity index (χ0) is 13.2. The molecule has 2 nitrogen and oxygen atoms in total. The Balaban J connectivity index is 2.09. The summed E-state index contributed by atoms with van der Waals surface area (Å²) in [6, 6.07) is 9.70. The van der Waals surface area contributed by atoms with Gasteiger partial charge >= 0.3 is 0 Å². The predicted molar refractivity (Wildman–Crippen MR) is 78.0 cm³/mol. The Labute approximate surface area is 111 Å². The summed E-state index contributed by atoms with van der Waals surface area (Å²) in [5.74, 6) is 0. The summed E-state index contributed by atoms with van der Waals surface area (Å²) in [6.45, 7) is 13.7. The fraction of sp³-hybridized carbons (Fsp3) is 0.625. The highest BCUT2D eigenvalue weighted by atomic mass is 15.2. The Morgan fingerprint density at radius 1 is 1.06 bits per heavy atom. The number of rotatable bonds is 2. The lowest BCUT2D eigenvalue weighted by molar-refractivity contribution is 0.185. The average molecular weight is 246 g/mol. The summed E-state index contributed by atoms with van der Waals surface area (Å²) >= 11 is 0. The van der Waals surface area contributed by atoms with E-state index in [-0.39, 0.29) is 5.41 Å². The van der Waals surface area contributed by atoms with Crippen LogP contribution in [0.4, 0.5) is 0 Å². The molecule has 0 radical (unpaired) electrons. The van der Waals surface area contributed by atoms with Gasteiger partial charge in [0.05, 0.1) is 0 Å². The Morgan fingerprint density at radius 2 is 1.61 bits per heavy atom. The molecule has 1 fully saturated rings. The maximum absolute atomic E-state index is 3.41. The largest absolute Gasteiger partial charge is 0.314 e. The van der Waals surface area contributed by atoms with Crippen LogP contribution in [0.15, 0.2) is 24.3 Å². The third kappa shape index (κ3) is 3.12. The van der Waals surface area contributed by atoms with Crippen LogP contribution in [-0.2, 0) is 5.41 Å². The van der Waals surface area contributed by atoms with Gasteiger partial charge in [-0.05, 0) is 23.5 Å². The van der Waals surface area contributed by atoms with Gasteiger partial charge in [-0.3, -0.25) is 4.90 Å². The van der Waals surface area contributed by atoms with Crippen molar-refractivity contribution in [3.05, 3.63) is 35.4 Å².